The molecule has 0 atom stereocenters. The van der Waals surface area contributed by atoms with Gasteiger partial charge in [0.2, 0.25) is 0 Å². The summed E-state index contributed by atoms with van der Waals surface area (Å²) < 4.78 is 65.8. The molecule has 0 unspecified atom stereocenters. The van der Waals surface area contributed by atoms with Gasteiger partial charge in [-0.1, -0.05) is 89.8 Å². The number of alkyl halides is 3. The molecule has 3 N–H and O–H groups in total. The van der Waals surface area contributed by atoms with Gasteiger partial charge in [-0.2, -0.15) is 32.1 Å². The van der Waals surface area contributed by atoms with Gasteiger partial charge < -0.3 is 41.4 Å². The second-order valence-electron chi connectivity index (χ2n) is 16.8. The molecule has 6 aromatic carbocycles. The van der Waals surface area contributed by atoms with Gasteiger partial charge in [-0.25, -0.2) is 5.26 Å². The van der Waals surface area contributed by atoms with Gasteiger partial charge in [0.15, 0.2) is 5.58 Å². The number of aromatic nitrogens is 4. The predicted octanol–water partition coefficient (Wildman–Crippen LogP) is 14.9. The van der Waals surface area contributed by atoms with Crippen molar-refractivity contribution >= 4 is 54.0 Å². The number of nitriles is 2. The Balaban J connectivity index is 0.000000279. The third-order valence-corrected chi connectivity index (χ3v) is 12.0. The summed E-state index contributed by atoms with van der Waals surface area (Å²) in [6, 6.07) is 70.2. The van der Waals surface area contributed by atoms with Crippen molar-refractivity contribution in [3.8, 4) is 57.2 Å². The number of rotatable bonds is 5. The van der Waals surface area contributed by atoms with E-state index < -0.39 is 15.6 Å². The molecule has 0 aliphatic heterocycles. The molecule has 20 heteroatoms. The summed E-state index contributed by atoms with van der Waals surface area (Å²) >= 11 is 0. The molecule has 14 nitrogen and oxygen atoms in total. The topological polar surface area (TPSA) is 229 Å². The van der Waals surface area contributed by atoms with Gasteiger partial charge in [0.1, 0.15) is 23.3 Å². The Bertz CT molecular complexity index is 3910. The van der Waals surface area contributed by atoms with Crippen molar-refractivity contribution in [1.29, 1.82) is 10.5 Å². The number of aryl methyl sites for hydroxylation is 2. The summed E-state index contributed by atoms with van der Waals surface area (Å²) in [5.41, 5.74) is 8.10. The molecule has 2 radical (unpaired) electrons. The van der Waals surface area contributed by atoms with Gasteiger partial charge in [-0.05, 0) is 85.4 Å². The van der Waals surface area contributed by atoms with E-state index in [-0.39, 0.29) is 54.2 Å². The van der Waals surface area contributed by atoms with E-state index in [2.05, 4.69) is 66.7 Å². The Morgan fingerprint density at radius 1 is 0.541 bits per heavy atom. The third kappa shape index (κ3) is 18.7. The minimum absolute atomic E-state index is 0. The van der Waals surface area contributed by atoms with Crippen LogP contribution in [0.3, 0.4) is 0 Å². The standard InChI is InChI=1S/C18H10N2O.C18H9N2O.2C12H10N.C2H6O.CHF3O4S.CH4O.CH3.2Ir/c2*19-11-12-5-3-6-13-14-7-4-8-15(18(14)21-17(12)13)16-9-1-2-10-20-16;2*1-10-7-8-12(13-9-10)11-5-3-2-4-6-11;1-2-3;2-1(3,4)9(6,7)8-5;1-2;;;/h1-10H;1-7,9-10H;2*2-5,7-9H,1H3;3H,2H2,1H3;5H;2H,1H3;1H3;;/q;3*-1;;;;-1;;. The Labute approximate surface area is 517 Å². The molecule has 0 amide bonds. The van der Waals surface area contributed by atoms with Gasteiger partial charge in [0, 0.05) is 100 Å². The summed E-state index contributed by atoms with van der Waals surface area (Å²) in [6.45, 7) is 6.00. The zero-order valence-electron chi connectivity index (χ0n) is 46.0. The zero-order chi connectivity index (χ0) is 59.1. The first kappa shape index (κ1) is 70.6. The maximum atomic E-state index is 11.0. The van der Waals surface area contributed by atoms with Crippen molar-refractivity contribution in [3.05, 3.63) is 249 Å². The average Bonchev–Trinajstić information content (AvgIpc) is 3.47. The molecule has 0 spiro atoms. The Morgan fingerprint density at radius 3 is 1.36 bits per heavy atom. The van der Waals surface area contributed by atoms with E-state index in [1.807, 2.05) is 178 Å². The third-order valence-electron chi connectivity index (χ3n) is 11.3. The Kier molecular flexibility index (Phi) is 29.0. The van der Waals surface area contributed by atoms with Crippen LogP contribution in [0.25, 0.3) is 88.9 Å². The summed E-state index contributed by atoms with van der Waals surface area (Å²) in [7, 11) is -4.78. The number of para-hydroxylation sites is 3. The van der Waals surface area contributed by atoms with Crippen LogP contribution in [0, 0.1) is 62.1 Å². The molecule has 85 heavy (non-hydrogen) atoms. The molecule has 0 aliphatic carbocycles. The van der Waals surface area contributed by atoms with E-state index in [9.17, 15) is 32.1 Å². The first-order valence-electron chi connectivity index (χ1n) is 24.6. The molecule has 440 valence electrons. The number of fused-ring (bicyclic) bond motifs is 6. The summed E-state index contributed by atoms with van der Waals surface area (Å²) in [4.78, 5) is 17.4. The van der Waals surface area contributed by atoms with Crippen LogP contribution < -0.4 is 0 Å². The van der Waals surface area contributed by atoms with E-state index >= 15 is 0 Å². The molecule has 6 heterocycles. The van der Waals surface area contributed by atoms with Crippen molar-refractivity contribution in [1.82, 2.24) is 19.9 Å². The summed E-state index contributed by atoms with van der Waals surface area (Å²) in [5, 5.41) is 44.0. The van der Waals surface area contributed by atoms with Crippen LogP contribution >= 0.6 is 0 Å². The average molecular weight is 1520 g/mol. The summed E-state index contributed by atoms with van der Waals surface area (Å²) in [6.07, 6.45) is 7.25. The van der Waals surface area contributed by atoms with E-state index in [4.69, 9.17) is 24.3 Å². The van der Waals surface area contributed by atoms with Crippen molar-refractivity contribution < 1.29 is 90.4 Å². The fourth-order valence-corrected chi connectivity index (χ4v) is 7.67. The first-order valence-corrected chi connectivity index (χ1v) is 26.0. The van der Waals surface area contributed by atoms with Crippen LogP contribution in [-0.4, -0.2) is 63.0 Å². The van der Waals surface area contributed by atoms with E-state index in [0.717, 1.165) is 79.3 Å². The number of hydrogen-bond acceptors (Lipinski definition) is 14. The number of aliphatic hydroxyl groups excluding tert-OH is 2. The molecule has 0 saturated carbocycles. The number of pyridine rings is 4. The molecule has 12 aromatic rings. The predicted molar refractivity (Wildman–Crippen MR) is 315 cm³/mol. The number of aliphatic hydroxyl groups is 2. The fourth-order valence-electron chi connectivity index (χ4n) is 7.59. The first-order chi connectivity index (χ1) is 39.7. The van der Waals surface area contributed by atoms with Crippen molar-refractivity contribution in [2.24, 2.45) is 0 Å². The maximum Gasteiger partial charge on any atom is 0.525 e. The van der Waals surface area contributed by atoms with Crippen LogP contribution in [0.1, 0.15) is 29.2 Å². The van der Waals surface area contributed by atoms with Gasteiger partial charge in [0.25, 0.3) is 0 Å². The van der Waals surface area contributed by atoms with Crippen molar-refractivity contribution in [2.45, 2.75) is 26.3 Å². The van der Waals surface area contributed by atoms with Crippen LogP contribution in [0.4, 0.5) is 13.2 Å². The van der Waals surface area contributed by atoms with Gasteiger partial charge in [-0.15, -0.1) is 94.3 Å². The molecule has 0 fully saturated rings. The quantitative estimate of drug-likeness (QED) is 0.0630. The van der Waals surface area contributed by atoms with Gasteiger partial charge in [-0.3, -0.25) is 4.98 Å². The van der Waals surface area contributed by atoms with E-state index in [0.29, 0.717) is 27.9 Å². The van der Waals surface area contributed by atoms with Crippen molar-refractivity contribution in [3.63, 3.8) is 0 Å². The summed E-state index contributed by atoms with van der Waals surface area (Å²) in [5.74, 6) is 0. The Morgan fingerprint density at radius 2 is 0.976 bits per heavy atom. The molecule has 0 aliphatic rings. The van der Waals surface area contributed by atoms with Gasteiger partial charge >= 0.3 is 15.6 Å². The zero-order valence-corrected chi connectivity index (χ0v) is 51.6. The molecule has 0 saturated heterocycles. The van der Waals surface area contributed by atoms with Crippen molar-refractivity contribution in [2.75, 3.05) is 13.7 Å². The van der Waals surface area contributed by atoms with Crippen LogP contribution in [0.2, 0.25) is 0 Å². The second kappa shape index (κ2) is 34.9. The van der Waals surface area contributed by atoms with Gasteiger partial charge in [0.05, 0.1) is 22.4 Å². The molecular weight excluding hydrogens is 1470 g/mol. The van der Waals surface area contributed by atoms with Crippen LogP contribution in [0.15, 0.2) is 210 Å². The molecular formula is C65H53F3Ir2N6O8S-4. The van der Waals surface area contributed by atoms with E-state index in [1.54, 1.807) is 31.5 Å². The number of nitrogens with zero attached hydrogens (tertiary/aromatic N) is 6. The normalized spacial score (nSPS) is 10.1. The minimum atomic E-state index is -5.78. The maximum absolute atomic E-state index is 11.0. The number of halogens is 3. The molecule has 0 bridgehead atoms. The number of furan rings is 2. The molecule has 12 rings (SSSR count). The minimum Gasteiger partial charge on any atom is -0.499 e. The largest absolute Gasteiger partial charge is 0.525 e. The second-order valence-corrected chi connectivity index (χ2v) is 18.3. The van der Waals surface area contributed by atoms with E-state index in [1.165, 1.54) is 11.1 Å². The monoisotopic (exact) mass is 1520 g/mol. The fraction of sp³-hybridized carbons (Fsp3) is 0.0923. The number of benzene rings is 6. The SMILES string of the molecule is CCO.CO.Cc1ccc(-c2[c-]cccc2)nc1.Cc1ccc(-c2[c-]cccc2)nc1.N#Cc1cccc2c1oc1c(-c3ccccn3)[c-]ccc12.N#Cc1cccc2c1oc1c(-c3ccccn3)cccc12.O=S(=O)(OO)C(F)(F)F.[CH3-].[Ir].[Ir]. The van der Waals surface area contributed by atoms with Crippen LogP contribution in [0.5, 0.6) is 0 Å². The Hall–Kier alpha value is -8.62. The van der Waals surface area contributed by atoms with Crippen LogP contribution in [-0.2, 0) is 54.7 Å². The number of hydrogen-bond donors (Lipinski definition) is 3. The smallest absolute Gasteiger partial charge is 0.499 e. The molecule has 6 aromatic heterocycles.